The summed E-state index contributed by atoms with van der Waals surface area (Å²) in [6.45, 7) is 0. The van der Waals surface area contributed by atoms with E-state index in [4.69, 9.17) is 5.73 Å². The Morgan fingerprint density at radius 2 is 1.89 bits per heavy atom. The van der Waals surface area contributed by atoms with Gasteiger partial charge in [0.25, 0.3) is 0 Å². The third-order valence-electron chi connectivity index (χ3n) is 2.49. The summed E-state index contributed by atoms with van der Waals surface area (Å²) >= 11 is 0. The molecule has 90 valence electrons. The van der Waals surface area contributed by atoms with E-state index in [1.807, 2.05) is 0 Å². The van der Waals surface area contributed by atoms with Crippen LogP contribution in [0.3, 0.4) is 0 Å². The number of fused-ring (bicyclic) bond motifs is 1. The number of nitrogens with zero attached hydrogens (tertiary/aromatic N) is 4. The summed E-state index contributed by atoms with van der Waals surface area (Å²) in [5.74, 6) is -2.31. The van der Waals surface area contributed by atoms with Gasteiger partial charge in [-0.2, -0.15) is 4.68 Å². The van der Waals surface area contributed by atoms with E-state index in [1.54, 1.807) is 24.3 Å². The van der Waals surface area contributed by atoms with Gasteiger partial charge < -0.3 is 5.73 Å². The van der Waals surface area contributed by atoms with Crippen LogP contribution < -0.4 is 5.73 Å². The molecule has 0 fully saturated rings. The summed E-state index contributed by atoms with van der Waals surface area (Å²) in [5, 5.41) is 7.64. The highest BCUT2D eigenvalue weighted by Crippen LogP contribution is 2.19. The molecule has 0 unspecified atom stereocenters. The fraction of sp³-hybridized carbons (Fsp3) is 0. The lowest BCUT2D eigenvalue weighted by molar-refractivity contribution is 0.564. The Morgan fingerprint density at radius 1 is 1.11 bits per heavy atom. The summed E-state index contributed by atoms with van der Waals surface area (Å²) in [6.07, 6.45) is 0. The highest BCUT2D eigenvalue weighted by molar-refractivity contribution is 5.75. The Morgan fingerprint density at radius 3 is 2.72 bits per heavy atom. The molecule has 3 rings (SSSR count). The van der Waals surface area contributed by atoms with Crippen molar-refractivity contribution in [3.05, 3.63) is 42.0 Å². The third-order valence-corrected chi connectivity index (χ3v) is 2.49. The summed E-state index contributed by atoms with van der Waals surface area (Å²) in [6, 6.07) is 7.64. The Hall–Kier alpha value is -2.57. The molecule has 0 amide bonds. The minimum atomic E-state index is -0.902. The minimum absolute atomic E-state index is 0.178. The van der Waals surface area contributed by atoms with E-state index < -0.39 is 11.6 Å². The molecule has 0 bridgehead atoms. The number of hydrogen-bond acceptors (Lipinski definition) is 4. The fourth-order valence-corrected chi connectivity index (χ4v) is 1.64. The quantitative estimate of drug-likeness (QED) is 0.710. The number of halogens is 2. The van der Waals surface area contributed by atoms with Crippen LogP contribution in [0.5, 0.6) is 0 Å². The average Bonchev–Trinajstić information content (AvgIpc) is 2.78. The summed E-state index contributed by atoms with van der Waals surface area (Å²) in [7, 11) is 0. The van der Waals surface area contributed by atoms with E-state index >= 15 is 0 Å². The van der Waals surface area contributed by atoms with Crippen molar-refractivity contribution >= 4 is 16.9 Å². The third kappa shape index (κ3) is 1.48. The zero-order chi connectivity index (χ0) is 12.7. The van der Waals surface area contributed by atoms with E-state index in [0.717, 1.165) is 0 Å². The van der Waals surface area contributed by atoms with E-state index in [2.05, 4.69) is 15.3 Å². The van der Waals surface area contributed by atoms with Gasteiger partial charge in [0, 0.05) is 6.07 Å². The van der Waals surface area contributed by atoms with Crippen LogP contribution >= 0.6 is 0 Å². The first-order chi connectivity index (χ1) is 8.66. The van der Waals surface area contributed by atoms with E-state index in [9.17, 15) is 8.78 Å². The molecule has 18 heavy (non-hydrogen) atoms. The van der Waals surface area contributed by atoms with Gasteiger partial charge in [-0.1, -0.05) is 17.3 Å². The number of nitrogens with two attached hydrogens (primary N) is 1. The van der Waals surface area contributed by atoms with Crippen LogP contribution in [0.15, 0.2) is 30.3 Å². The molecule has 0 saturated heterocycles. The molecule has 0 radical (unpaired) electrons. The number of para-hydroxylation sites is 1. The van der Waals surface area contributed by atoms with Crippen molar-refractivity contribution in [1.29, 1.82) is 0 Å². The first kappa shape index (κ1) is 10.6. The lowest BCUT2D eigenvalue weighted by Crippen LogP contribution is -2.07. The maximum absolute atomic E-state index is 13.7. The molecule has 0 saturated carbocycles. The second-order valence-corrected chi connectivity index (χ2v) is 3.65. The topological polar surface area (TPSA) is 69.6 Å². The predicted molar refractivity (Wildman–Crippen MR) is 61.0 cm³/mol. The Labute approximate surface area is 99.9 Å². The molecule has 2 aromatic heterocycles. The summed E-state index contributed by atoms with van der Waals surface area (Å²) in [5.41, 5.74) is 6.47. The molecular formula is C11H7F2N5. The second-order valence-electron chi connectivity index (χ2n) is 3.65. The standard InChI is InChI=1S/C11H7F2N5/c12-6-5-7(13)11(15-10(6)14)18-9-4-2-1-3-8(9)16-17-18/h1-5H,(H2,14,15). The molecule has 0 aliphatic rings. The van der Waals surface area contributed by atoms with Crippen molar-refractivity contribution in [1.82, 2.24) is 20.0 Å². The van der Waals surface area contributed by atoms with Crippen molar-refractivity contribution in [3.63, 3.8) is 0 Å². The molecule has 0 aliphatic heterocycles. The molecule has 0 atom stereocenters. The molecule has 2 N–H and O–H groups in total. The monoisotopic (exact) mass is 247 g/mol. The molecule has 2 heterocycles. The average molecular weight is 247 g/mol. The molecule has 0 aliphatic carbocycles. The molecular weight excluding hydrogens is 240 g/mol. The Kier molecular flexibility index (Phi) is 2.19. The van der Waals surface area contributed by atoms with Crippen LogP contribution in [0.4, 0.5) is 14.6 Å². The van der Waals surface area contributed by atoms with Gasteiger partial charge in [0.1, 0.15) is 5.52 Å². The SMILES string of the molecule is Nc1nc(-n2nnc3ccccc32)c(F)cc1F. The molecule has 5 nitrogen and oxygen atoms in total. The van der Waals surface area contributed by atoms with Gasteiger partial charge in [-0.3, -0.25) is 0 Å². The highest BCUT2D eigenvalue weighted by atomic mass is 19.1. The van der Waals surface area contributed by atoms with Gasteiger partial charge in [-0.25, -0.2) is 13.8 Å². The minimum Gasteiger partial charge on any atom is -0.381 e. The van der Waals surface area contributed by atoms with Gasteiger partial charge in [0.2, 0.25) is 0 Å². The first-order valence-corrected chi connectivity index (χ1v) is 5.09. The number of benzene rings is 1. The lowest BCUT2D eigenvalue weighted by atomic mass is 10.3. The van der Waals surface area contributed by atoms with E-state index in [0.29, 0.717) is 17.1 Å². The lowest BCUT2D eigenvalue weighted by Gasteiger charge is -2.04. The zero-order valence-electron chi connectivity index (χ0n) is 9.01. The maximum Gasteiger partial charge on any atom is 0.194 e. The number of aromatic nitrogens is 4. The molecule has 0 spiro atoms. The largest absolute Gasteiger partial charge is 0.381 e. The van der Waals surface area contributed by atoms with Crippen LogP contribution in [0.25, 0.3) is 16.9 Å². The van der Waals surface area contributed by atoms with E-state index in [1.165, 1.54) is 4.68 Å². The van der Waals surface area contributed by atoms with Crippen molar-refractivity contribution < 1.29 is 8.78 Å². The van der Waals surface area contributed by atoms with E-state index in [-0.39, 0.29) is 11.6 Å². The number of nitrogen functional groups attached to an aromatic ring is 1. The van der Waals surface area contributed by atoms with Crippen molar-refractivity contribution in [2.75, 3.05) is 5.73 Å². The fourth-order valence-electron chi connectivity index (χ4n) is 1.64. The Balaban J connectivity index is 2.29. The smallest absolute Gasteiger partial charge is 0.194 e. The van der Waals surface area contributed by atoms with Crippen molar-refractivity contribution in [3.8, 4) is 5.82 Å². The van der Waals surface area contributed by atoms with Gasteiger partial charge in [-0.05, 0) is 12.1 Å². The van der Waals surface area contributed by atoms with Gasteiger partial charge in [-0.15, -0.1) is 5.10 Å². The van der Waals surface area contributed by atoms with Gasteiger partial charge in [0.05, 0.1) is 5.52 Å². The second kappa shape index (κ2) is 3.73. The molecule has 1 aromatic carbocycles. The summed E-state index contributed by atoms with van der Waals surface area (Å²) in [4.78, 5) is 3.65. The highest BCUT2D eigenvalue weighted by Gasteiger charge is 2.15. The molecule has 3 aromatic rings. The predicted octanol–water partition coefficient (Wildman–Crippen LogP) is 1.68. The van der Waals surface area contributed by atoms with Crippen molar-refractivity contribution in [2.45, 2.75) is 0 Å². The number of hydrogen-bond donors (Lipinski definition) is 1. The first-order valence-electron chi connectivity index (χ1n) is 5.09. The van der Waals surface area contributed by atoms with Gasteiger partial charge in [0.15, 0.2) is 23.3 Å². The van der Waals surface area contributed by atoms with Gasteiger partial charge >= 0.3 is 0 Å². The van der Waals surface area contributed by atoms with Crippen LogP contribution in [-0.2, 0) is 0 Å². The maximum atomic E-state index is 13.7. The summed E-state index contributed by atoms with van der Waals surface area (Å²) < 4.78 is 27.9. The Bertz CT molecular complexity index is 737. The van der Waals surface area contributed by atoms with Crippen molar-refractivity contribution in [2.24, 2.45) is 0 Å². The number of anilines is 1. The molecule has 7 heteroatoms. The van der Waals surface area contributed by atoms with Crippen LogP contribution in [-0.4, -0.2) is 20.0 Å². The van der Waals surface area contributed by atoms with Crippen LogP contribution in [0.2, 0.25) is 0 Å². The van der Waals surface area contributed by atoms with Crippen LogP contribution in [0, 0.1) is 11.6 Å². The number of rotatable bonds is 1. The van der Waals surface area contributed by atoms with Crippen LogP contribution in [0.1, 0.15) is 0 Å². The number of pyridine rings is 1. The zero-order valence-corrected chi connectivity index (χ0v) is 9.01. The normalized spacial score (nSPS) is 11.0.